The van der Waals surface area contributed by atoms with E-state index in [2.05, 4.69) is 18.5 Å². The van der Waals surface area contributed by atoms with E-state index in [0.29, 0.717) is 23.4 Å². The number of hydrogen-bond acceptors (Lipinski definition) is 3. The summed E-state index contributed by atoms with van der Waals surface area (Å²) in [7, 11) is 3.17. The minimum Gasteiger partial charge on any atom is -0.540 e. The molecule has 3 nitrogen and oxygen atoms in total. The Hall–Kier alpha value is -1.51. The van der Waals surface area contributed by atoms with E-state index in [4.69, 9.17) is 0 Å². The van der Waals surface area contributed by atoms with Crippen LogP contribution in [0.5, 0.6) is 0 Å². The molecule has 0 heterocycles. The summed E-state index contributed by atoms with van der Waals surface area (Å²) in [5.41, 5.74) is 2.09. The molecule has 0 aliphatic rings. The lowest BCUT2D eigenvalue weighted by molar-refractivity contribution is 0.0749. The number of ketones is 1. The Labute approximate surface area is 110 Å². The van der Waals surface area contributed by atoms with Gasteiger partial charge in [0.25, 0.3) is 0 Å². The van der Waals surface area contributed by atoms with E-state index in [9.17, 15) is 9.59 Å². The first-order chi connectivity index (χ1) is 8.54. The van der Waals surface area contributed by atoms with E-state index >= 15 is 0 Å². The number of carbonyl (C=O) groups is 2. The molecule has 1 unspecified atom stereocenters. The quantitative estimate of drug-likeness (QED) is 0.576. The van der Waals surface area contributed by atoms with Gasteiger partial charge in [0, 0.05) is 5.56 Å². The van der Waals surface area contributed by atoms with Crippen LogP contribution in [-0.4, -0.2) is 27.6 Å². The fraction of sp³-hybridized carbons (Fsp3) is 0.385. The van der Waals surface area contributed by atoms with Crippen LogP contribution in [0.3, 0.4) is 0 Å². The first-order valence-electron chi connectivity index (χ1n) is 6.30. The highest BCUT2D eigenvalue weighted by Crippen LogP contribution is 2.25. The molecular formula is C13H18B2O3. The molecule has 94 valence electrons. The minimum atomic E-state index is -0.407. The van der Waals surface area contributed by atoms with Crippen LogP contribution in [-0.2, 0) is 4.65 Å². The van der Waals surface area contributed by atoms with Crippen LogP contribution in [0.1, 0.15) is 52.5 Å². The van der Waals surface area contributed by atoms with Gasteiger partial charge in [-0.05, 0) is 36.4 Å². The van der Waals surface area contributed by atoms with Crippen molar-refractivity contribution < 1.29 is 14.2 Å². The van der Waals surface area contributed by atoms with E-state index in [-0.39, 0.29) is 5.78 Å². The Morgan fingerprint density at radius 3 is 2.56 bits per heavy atom. The molecule has 1 atom stereocenters. The Morgan fingerprint density at radius 1 is 1.39 bits per heavy atom. The molecule has 1 aromatic carbocycles. The molecule has 18 heavy (non-hydrogen) atoms. The first kappa shape index (κ1) is 14.6. The Kier molecular flexibility index (Phi) is 5.20. The van der Waals surface area contributed by atoms with Gasteiger partial charge in [-0.3, -0.25) is 4.79 Å². The fourth-order valence-corrected chi connectivity index (χ4v) is 1.88. The number of Topliss-reactive ketones (excluding diaryl/α,β-unsaturated/α-hetero) is 1. The molecule has 0 bridgehead atoms. The normalized spacial score (nSPS) is 11.9. The number of rotatable bonds is 5. The molecule has 1 rings (SSSR count). The van der Waals surface area contributed by atoms with E-state index in [1.807, 2.05) is 13.9 Å². The lowest BCUT2D eigenvalue weighted by Gasteiger charge is -2.15. The van der Waals surface area contributed by atoms with Crippen molar-refractivity contribution >= 4 is 27.6 Å². The van der Waals surface area contributed by atoms with Gasteiger partial charge >= 0.3 is 14.0 Å². The van der Waals surface area contributed by atoms with Crippen LogP contribution in [0.4, 0.5) is 0 Å². The fourth-order valence-electron chi connectivity index (χ4n) is 1.88. The third kappa shape index (κ3) is 3.03. The molecule has 0 aromatic heterocycles. The molecule has 0 amide bonds. The molecule has 0 saturated carbocycles. The third-order valence-electron chi connectivity index (χ3n) is 3.24. The van der Waals surface area contributed by atoms with Gasteiger partial charge in [0.05, 0.1) is 5.56 Å². The Bertz CT molecular complexity index is 458. The van der Waals surface area contributed by atoms with Gasteiger partial charge in [-0.15, -0.1) is 0 Å². The maximum Gasteiger partial charge on any atom is 0.326 e. The van der Waals surface area contributed by atoms with Gasteiger partial charge in [0.15, 0.2) is 5.78 Å². The number of hydrogen-bond donors (Lipinski definition) is 0. The van der Waals surface area contributed by atoms with Gasteiger partial charge in [0.2, 0.25) is 0 Å². The maximum atomic E-state index is 12.0. The minimum absolute atomic E-state index is 0.0658. The topological polar surface area (TPSA) is 43.4 Å². The second kappa shape index (κ2) is 6.43. The van der Waals surface area contributed by atoms with Crippen LogP contribution in [0, 0.1) is 0 Å². The summed E-state index contributed by atoms with van der Waals surface area (Å²) < 4.78 is 4.68. The SMILES string of the molecule is BCC(=O)c1cc(C(=O)OB)ccc1C(C)CC. The zero-order valence-corrected chi connectivity index (χ0v) is 11.4. The molecule has 0 spiro atoms. The lowest BCUT2D eigenvalue weighted by Crippen LogP contribution is -2.09. The van der Waals surface area contributed by atoms with Gasteiger partial charge in [-0.2, -0.15) is 0 Å². The molecule has 0 fully saturated rings. The highest BCUT2D eigenvalue weighted by molar-refractivity contribution is 6.24. The van der Waals surface area contributed by atoms with Gasteiger partial charge in [-0.25, -0.2) is 4.79 Å². The highest BCUT2D eigenvalue weighted by Gasteiger charge is 2.16. The maximum absolute atomic E-state index is 12.0. The van der Waals surface area contributed by atoms with E-state index in [1.54, 1.807) is 12.1 Å². The van der Waals surface area contributed by atoms with Crippen molar-refractivity contribution in [2.75, 3.05) is 0 Å². The van der Waals surface area contributed by atoms with Crippen LogP contribution in [0.2, 0.25) is 6.32 Å². The summed E-state index contributed by atoms with van der Waals surface area (Å²) in [4.78, 5) is 23.5. The molecule has 0 N–H and O–H groups in total. The molecule has 0 aliphatic heterocycles. The largest absolute Gasteiger partial charge is 0.540 e. The van der Waals surface area contributed by atoms with Crippen LogP contribution in [0.25, 0.3) is 0 Å². The van der Waals surface area contributed by atoms with Crippen molar-refractivity contribution in [1.29, 1.82) is 0 Å². The lowest BCUT2D eigenvalue weighted by atomic mass is 9.86. The average molecular weight is 244 g/mol. The van der Waals surface area contributed by atoms with Crippen molar-refractivity contribution in [3.8, 4) is 0 Å². The Morgan fingerprint density at radius 2 is 2.06 bits per heavy atom. The summed E-state index contributed by atoms with van der Waals surface area (Å²) in [5.74, 6) is -0.0332. The number of benzene rings is 1. The van der Waals surface area contributed by atoms with Gasteiger partial charge in [-0.1, -0.05) is 19.9 Å². The monoisotopic (exact) mass is 244 g/mol. The van der Waals surface area contributed by atoms with E-state index < -0.39 is 5.97 Å². The van der Waals surface area contributed by atoms with Crippen LogP contribution >= 0.6 is 0 Å². The summed E-state index contributed by atoms with van der Waals surface area (Å²) >= 11 is 0. The molecule has 1 aromatic rings. The molecular weight excluding hydrogens is 226 g/mol. The smallest absolute Gasteiger partial charge is 0.326 e. The Balaban J connectivity index is 3.29. The number of carbonyl (C=O) groups excluding carboxylic acids is 2. The predicted molar refractivity (Wildman–Crippen MR) is 76.8 cm³/mol. The standard InChI is InChI=1S/C13H18B2O3/c1-3-8(2)10-5-4-9(13(17)18-15)6-11(10)12(16)7-14/h4-6,8H,3,7,14-15H2,1-2H3. The van der Waals surface area contributed by atoms with Crippen LogP contribution < -0.4 is 0 Å². The second-order valence-electron chi connectivity index (χ2n) is 4.38. The van der Waals surface area contributed by atoms with Crippen molar-refractivity contribution in [3.63, 3.8) is 0 Å². The summed E-state index contributed by atoms with van der Waals surface area (Å²) in [6, 6.07) is 5.24. The van der Waals surface area contributed by atoms with Crippen molar-refractivity contribution in [1.82, 2.24) is 0 Å². The van der Waals surface area contributed by atoms with E-state index in [1.165, 1.54) is 8.05 Å². The zero-order valence-electron chi connectivity index (χ0n) is 11.4. The summed E-state index contributed by atoms with van der Waals surface area (Å²) in [5, 5.41) is 0. The zero-order chi connectivity index (χ0) is 13.7. The first-order valence-corrected chi connectivity index (χ1v) is 6.30. The summed E-state index contributed by atoms with van der Waals surface area (Å²) in [6.45, 7) is 4.17. The molecule has 0 saturated heterocycles. The van der Waals surface area contributed by atoms with Crippen LogP contribution in [0.15, 0.2) is 18.2 Å². The molecule has 0 radical (unpaired) electrons. The van der Waals surface area contributed by atoms with Gasteiger partial charge < -0.3 is 4.65 Å². The molecule has 0 aliphatic carbocycles. The van der Waals surface area contributed by atoms with E-state index in [0.717, 1.165) is 12.0 Å². The van der Waals surface area contributed by atoms with Crippen molar-refractivity contribution in [2.24, 2.45) is 0 Å². The highest BCUT2D eigenvalue weighted by atomic mass is 16.5. The van der Waals surface area contributed by atoms with Gasteiger partial charge in [0.1, 0.15) is 7.85 Å². The van der Waals surface area contributed by atoms with Crippen molar-refractivity contribution in [3.05, 3.63) is 34.9 Å². The molecule has 5 heteroatoms. The summed E-state index contributed by atoms with van der Waals surface area (Å²) in [6.07, 6.45) is 1.40. The second-order valence-corrected chi connectivity index (χ2v) is 4.38. The predicted octanol–water partition coefficient (Wildman–Crippen LogP) is 1.14. The average Bonchev–Trinajstić information content (AvgIpc) is 2.43. The van der Waals surface area contributed by atoms with Crippen molar-refractivity contribution in [2.45, 2.75) is 32.5 Å². The third-order valence-corrected chi connectivity index (χ3v) is 3.24.